The Morgan fingerprint density at radius 2 is 1.76 bits per heavy atom. The van der Waals surface area contributed by atoms with Gasteiger partial charge in [-0.3, -0.25) is 0 Å². The number of nitrogens with zero attached hydrogens (tertiary/aromatic N) is 5. The number of aryl methyl sites for hydroxylation is 1. The van der Waals surface area contributed by atoms with Gasteiger partial charge in [0, 0.05) is 5.56 Å². The van der Waals surface area contributed by atoms with Crippen molar-refractivity contribution >= 4 is 0 Å². The maximum atomic E-state index is 8.56. The molecule has 1 aromatic heterocycles. The van der Waals surface area contributed by atoms with Crippen molar-refractivity contribution in [2.75, 3.05) is 0 Å². The molecule has 0 fully saturated rings. The Labute approximate surface area is 147 Å². The highest BCUT2D eigenvalue weighted by Gasteiger charge is 2.06. The van der Waals surface area contributed by atoms with Gasteiger partial charge in [0.25, 0.3) is 0 Å². The Balaban J connectivity index is 0.00000109. The van der Waals surface area contributed by atoms with E-state index < -0.39 is 0 Å². The van der Waals surface area contributed by atoms with Crippen LogP contribution in [0.25, 0.3) is 11.4 Å². The summed E-state index contributed by atoms with van der Waals surface area (Å²) in [5.41, 5.74) is 1.99. The van der Waals surface area contributed by atoms with E-state index in [1.54, 1.807) is 0 Å². The molecule has 6 heteroatoms. The van der Waals surface area contributed by atoms with E-state index in [4.69, 9.17) is 10.00 Å². The average Bonchev–Trinajstić information content (AvgIpc) is 3.16. The lowest BCUT2D eigenvalue weighted by molar-refractivity contribution is 0.306. The molecule has 0 N–H and O–H groups in total. The third-order valence-electron chi connectivity index (χ3n) is 3.24. The van der Waals surface area contributed by atoms with Crippen molar-refractivity contribution in [3.63, 3.8) is 0 Å². The molecule has 0 saturated heterocycles. The highest BCUT2D eigenvalue weighted by Crippen LogP contribution is 2.19. The third kappa shape index (κ3) is 5.43. The van der Waals surface area contributed by atoms with Gasteiger partial charge in [-0.1, -0.05) is 44.2 Å². The van der Waals surface area contributed by atoms with Gasteiger partial charge in [0.15, 0.2) is 0 Å². The lowest BCUT2D eigenvalue weighted by atomic mass is 10.2. The highest BCUT2D eigenvalue weighted by molar-refractivity contribution is 5.55. The summed E-state index contributed by atoms with van der Waals surface area (Å²) in [6.07, 6.45) is 0.363. The SMILES string of the molecule is CC.N#CCCn1nnc(-c2ccc(OCc3ccccc3)cc2)n1. The fourth-order valence-electron chi connectivity index (χ4n) is 2.04. The van der Waals surface area contributed by atoms with Gasteiger partial charge in [-0.15, -0.1) is 10.2 Å². The molecular weight excluding hydrogens is 314 g/mol. The van der Waals surface area contributed by atoms with Gasteiger partial charge in [-0.25, -0.2) is 0 Å². The van der Waals surface area contributed by atoms with Crippen molar-refractivity contribution in [3.05, 3.63) is 60.2 Å². The second kappa shape index (κ2) is 9.83. The fourth-order valence-corrected chi connectivity index (χ4v) is 2.04. The Hall–Kier alpha value is -3.20. The number of aromatic nitrogens is 4. The highest BCUT2D eigenvalue weighted by atomic mass is 16.5. The van der Waals surface area contributed by atoms with Crippen LogP contribution in [-0.4, -0.2) is 20.2 Å². The zero-order valence-corrected chi connectivity index (χ0v) is 14.5. The molecule has 0 bridgehead atoms. The molecule has 2 aromatic carbocycles. The second-order valence-electron chi connectivity index (χ2n) is 4.92. The summed E-state index contributed by atoms with van der Waals surface area (Å²) in [4.78, 5) is 1.43. The molecule has 0 aliphatic carbocycles. The van der Waals surface area contributed by atoms with Gasteiger partial charge >= 0.3 is 0 Å². The zero-order chi connectivity index (χ0) is 17.9. The van der Waals surface area contributed by atoms with E-state index in [1.165, 1.54) is 4.80 Å². The van der Waals surface area contributed by atoms with E-state index in [1.807, 2.05) is 68.4 Å². The van der Waals surface area contributed by atoms with Crippen LogP contribution in [0.2, 0.25) is 0 Å². The fraction of sp³-hybridized carbons (Fsp3) is 0.263. The number of tetrazole rings is 1. The zero-order valence-electron chi connectivity index (χ0n) is 14.5. The molecule has 3 rings (SSSR count). The van der Waals surface area contributed by atoms with Gasteiger partial charge < -0.3 is 4.74 Å². The number of ether oxygens (including phenoxy) is 1. The van der Waals surface area contributed by atoms with Gasteiger partial charge in [0.2, 0.25) is 5.82 Å². The van der Waals surface area contributed by atoms with Gasteiger partial charge in [0.05, 0.1) is 19.0 Å². The van der Waals surface area contributed by atoms with E-state index in [2.05, 4.69) is 21.5 Å². The molecule has 6 nitrogen and oxygen atoms in total. The summed E-state index contributed by atoms with van der Waals surface area (Å²) in [7, 11) is 0. The lowest BCUT2D eigenvalue weighted by Gasteiger charge is -2.06. The Morgan fingerprint density at radius 1 is 1.04 bits per heavy atom. The smallest absolute Gasteiger partial charge is 0.204 e. The van der Waals surface area contributed by atoms with Crippen LogP contribution in [-0.2, 0) is 13.2 Å². The van der Waals surface area contributed by atoms with Crippen LogP contribution in [0.1, 0.15) is 25.8 Å². The summed E-state index contributed by atoms with van der Waals surface area (Å²) >= 11 is 0. The normalized spacial score (nSPS) is 9.64. The minimum Gasteiger partial charge on any atom is -0.489 e. The molecule has 25 heavy (non-hydrogen) atoms. The predicted molar refractivity (Wildman–Crippen MR) is 95.6 cm³/mol. The summed E-state index contributed by atoms with van der Waals surface area (Å²) < 4.78 is 5.74. The quantitative estimate of drug-likeness (QED) is 0.683. The Morgan fingerprint density at radius 3 is 2.44 bits per heavy atom. The molecule has 3 aromatic rings. The molecule has 0 aliphatic rings. The minimum absolute atomic E-state index is 0.363. The second-order valence-corrected chi connectivity index (χ2v) is 4.92. The molecule has 0 amide bonds. The van der Waals surface area contributed by atoms with Crippen molar-refractivity contribution in [2.24, 2.45) is 0 Å². The van der Waals surface area contributed by atoms with Gasteiger partial charge in [0.1, 0.15) is 12.4 Å². The average molecular weight is 335 g/mol. The summed E-state index contributed by atoms with van der Waals surface area (Å²) in [6, 6.07) is 19.6. The standard InChI is InChI=1S/C17H15N5O.C2H6/c18-11-4-12-22-20-17(19-21-22)15-7-9-16(10-8-15)23-13-14-5-2-1-3-6-14;1-2/h1-3,5-10H,4,12-13H2;1-2H3. The van der Waals surface area contributed by atoms with E-state index in [0.717, 1.165) is 16.9 Å². The van der Waals surface area contributed by atoms with Crippen LogP contribution in [0.15, 0.2) is 54.6 Å². The number of nitriles is 1. The van der Waals surface area contributed by atoms with Gasteiger partial charge in [-0.05, 0) is 35.0 Å². The topological polar surface area (TPSA) is 76.6 Å². The third-order valence-corrected chi connectivity index (χ3v) is 3.24. The first kappa shape index (κ1) is 18.1. The number of benzene rings is 2. The van der Waals surface area contributed by atoms with E-state index in [-0.39, 0.29) is 0 Å². The van der Waals surface area contributed by atoms with Crippen molar-refractivity contribution in [1.29, 1.82) is 5.26 Å². The van der Waals surface area contributed by atoms with Crippen LogP contribution >= 0.6 is 0 Å². The summed E-state index contributed by atoms with van der Waals surface area (Å²) in [6.45, 7) is 4.98. The van der Waals surface area contributed by atoms with Crippen LogP contribution in [0.4, 0.5) is 0 Å². The van der Waals surface area contributed by atoms with E-state index in [9.17, 15) is 0 Å². The van der Waals surface area contributed by atoms with Crippen molar-refractivity contribution in [1.82, 2.24) is 20.2 Å². The molecule has 1 heterocycles. The van der Waals surface area contributed by atoms with Crippen LogP contribution in [0.5, 0.6) is 5.75 Å². The first-order valence-corrected chi connectivity index (χ1v) is 8.27. The molecule has 0 radical (unpaired) electrons. The monoisotopic (exact) mass is 335 g/mol. The summed E-state index contributed by atoms with van der Waals surface area (Å²) in [5, 5.41) is 20.7. The summed E-state index contributed by atoms with van der Waals surface area (Å²) in [5.74, 6) is 1.33. The van der Waals surface area contributed by atoms with Crippen LogP contribution in [0, 0.1) is 11.3 Å². The maximum absolute atomic E-state index is 8.56. The van der Waals surface area contributed by atoms with Crippen molar-refractivity contribution < 1.29 is 4.74 Å². The first-order valence-electron chi connectivity index (χ1n) is 8.27. The van der Waals surface area contributed by atoms with E-state index in [0.29, 0.717) is 25.4 Å². The Bertz CT molecular complexity index is 791. The van der Waals surface area contributed by atoms with Crippen molar-refractivity contribution in [3.8, 4) is 23.2 Å². The number of hydrogen-bond acceptors (Lipinski definition) is 5. The molecular formula is C19H21N5O. The Kier molecular flexibility index (Phi) is 7.13. The lowest BCUT2D eigenvalue weighted by Crippen LogP contribution is -2.01. The molecule has 0 spiro atoms. The predicted octanol–water partition coefficient (Wildman–Crippen LogP) is 3.86. The molecule has 0 saturated carbocycles. The van der Waals surface area contributed by atoms with Crippen LogP contribution < -0.4 is 4.74 Å². The molecule has 0 unspecified atom stereocenters. The minimum atomic E-state index is 0.363. The number of rotatable bonds is 6. The van der Waals surface area contributed by atoms with Gasteiger partial charge in [-0.2, -0.15) is 10.1 Å². The van der Waals surface area contributed by atoms with Crippen molar-refractivity contribution in [2.45, 2.75) is 33.4 Å². The molecule has 0 atom stereocenters. The number of hydrogen-bond donors (Lipinski definition) is 0. The van der Waals surface area contributed by atoms with E-state index >= 15 is 0 Å². The first-order chi connectivity index (χ1) is 12.3. The largest absolute Gasteiger partial charge is 0.489 e. The maximum Gasteiger partial charge on any atom is 0.204 e. The van der Waals surface area contributed by atoms with Crippen LogP contribution in [0.3, 0.4) is 0 Å². The molecule has 128 valence electrons. The molecule has 0 aliphatic heterocycles.